The van der Waals surface area contributed by atoms with Crippen LogP contribution < -0.4 is 10.1 Å². The minimum Gasteiger partial charge on any atom is -0.436 e. The number of nitrogens with one attached hydrogen (secondary N) is 1. The third kappa shape index (κ3) is 4.79. The van der Waals surface area contributed by atoms with Crippen LogP contribution in [0, 0.1) is 17.6 Å². The van der Waals surface area contributed by atoms with E-state index in [4.69, 9.17) is 4.74 Å². The molecule has 0 unspecified atom stereocenters. The molecular weight excluding hydrogens is 274 g/mol. The Morgan fingerprint density at radius 2 is 2.00 bits per heavy atom. The third-order valence-corrected chi connectivity index (χ3v) is 2.79. The number of hydrogen-bond acceptors (Lipinski definition) is 3. The summed E-state index contributed by atoms with van der Waals surface area (Å²) >= 11 is 0. The molecule has 0 aliphatic rings. The van der Waals surface area contributed by atoms with Crippen molar-refractivity contribution in [3.05, 3.63) is 53.7 Å². The second-order valence-corrected chi connectivity index (χ2v) is 5.21. The SMILES string of the molecule is CC(C)CNCc1ccc(Oc2cc(F)ccc2F)nc1. The van der Waals surface area contributed by atoms with Crippen molar-refractivity contribution in [2.24, 2.45) is 5.92 Å². The van der Waals surface area contributed by atoms with Crippen LogP contribution in [0.1, 0.15) is 19.4 Å². The van der Waals surface area contributed by atoms with Gasteiger partial charge >= 0.3 is 0 Å². The molecule has 2 aromatic rings. The second-order valence-electron chi connectivity index (χ2n) is 5.21. The fourth-order valence-electron chi connectivity index (χ4n) is 1.75. The molecule has 0 aliphatic heterocycles. The summed E-state index contributed by atoms with van der Waals surface area (Å²) in [7, 11) is 0. The number of nitrogens with zero attached hydrogens (tertiary/aromatic N) is 1. The molecule has 1 heterocycles. The Balaban J connectivity index is 1.97. The van der Waals surface area contributed by atoms with Gasteiger partial charge in [-0.05, 0) is 30.2 Å². The Morgan fingerprint density at radius 1 is 1.19 bits per heavy atom. The number of aromatic nitrogens is 1. The largest absolute Gasteiger partial charge is 0.436 e. The molecule has 5 heteroatoms. The van der Waals surface area contributed by atoms with Crippen LogP contribution in [0.25, 0.3) is 0 Å². The highest BCUT2D eigenvalue weighted by Gasteiger charge is 2.07. The van der Waals surface area contributed by atoms with Crippen LogP contribution in [0.4, 0.5) is 8.78 Å². The van der Waals surface area contributed by atoms with E-state index in [1.165, 1.54) is 0 Å². The minimum absolute atomic E-state index is 0.173. The van der Waals surface area contributed by atoms with E-state index < -0.39 is 11.6 Å². The molecule has 0 saturated carbocycles. The predicted molar refractivity (Wildman–Crippen MR) is 77.2 cm³/mol. The van der Waals surface area contributed by atoms with E-state index >= 15 is 0 Å². The van der Waals surface area contributed by atoms with Gasteiger partial charge in [0.2, 0.25) is 5.88 Å². The quantitative estimate of drug-likeness (QED) is 0.877. The summed E-state index contributed by atoms with van der Waals surface area (Å²) in [5.74, 6) is -0.543. The van der Waals surface area contributed by atoms with Crippen LogP contribution in [0.3, 0.4) is 0 Å². The lowest BCUT2D eigenvalue weighted by molar-refractivity contribution is 0.422. The number of pyridine rings is 1. The Kier molecular flexibility index (Phi) is 5.22. The molecular formula is C16H18F2N2O. The fraction of sp³-hybridized carbons (Fsp3) is 0.312. The molecule has 3 nitrogen and oxygen atoms in total. The second kappa shape index (κ2) is 7.13. The maximum atomic E-state index is 13.4. The smallest absolute Gasteiger partial charge is 0.219 e. The molecule has 0 radical (unpaired) electrons. The number of hydrogen-bond donors (Lipinski definition) is 1. The lowest BCUT2D eigenvalue weighted by Gasteiger charge is -2.09. The van der Waals surface area contributed by atoms with Crippen LogP contribution in [0.2, 0.25) is 0 Å². The Labute approximate surface area is 123 Å². The molecule has 0 bridgehead atoms. The third-order valence-electron chi connectivity index (χ3n) is 2.79. The molecule has 112 valence electrons. The zero-order valence-corrected chi connectivity index (χ0v) is 12.1. The van der Waals surface area contributed by atoms with Crippen LogP contribution in [-0.4, -0.2) is 11.5 Å². The van der Waals surface area contributed by atoms with Gasteiger partial charge in [-0.15, -0.1) is 0 Å². The molecule has 0 atom stereocenters. The van der Waals surface area contributed by atoms with Gasteiger partial charge in [0.25, 0.3) is 0 Å². The number of rotatable bonds is 6. The molecule has 2 rings (SSSR count). The first-order valence-electron chi connectivity index (χ1n) is 6.83. The van der Waals surface area contributed by atoms with Gasteiger partial charge in [0.1, 0.15) is 5.82 Å². The summed E-state index contributed by atoms with van der Waals surface area (Å²) in [6, 6.07) is 6.53. The highest BCUT2D eigenvalue weighted by atomic mass is 19.1. The number of halogens is 2. The molecule has 21 heavy (non-hydrogen) atoms. The van der Waals surface area contributed by atoms with Gasteiger partial charge in [-0.2, -0.15) is 0 Å². The van der Waals surface area contributed by atoms with Crippen molar-refractivity contribution in [2.75, 3.05) is 6.54 Å². The molecule has 0 aliphatic carbocycles. The highest BCUT2D eigenvalue weighted by Crippen LogP contribution is 2.23. The van der Waals surface area contributed by atoms with Gasteiger partial charge in [0, 0.05) is 24.9 Å². The average Bonchev–Trinajstić information content (AvgIpc) is 2.44. The van der Waals surface area contributed by atoms with Crippen LogP contribution in [-0.2, 0) is 6.54 Å². The number of benzene rings is 1. The molecule has 0 saturated heterocycles. The summed E-state index contributed by atoms with van der Waals surface area (Å²) in [4.78, 5) is 4.09. The maximum absolute atomic E-state index is 13.4. The molecule has 0 fully saturated rings. The summed E-state index contributed by atoms with van der Waals surface area (Å²) in [6.45, 7) is 5.90. The minimum atomic E-state index is -0.624. The normalized spacial score (nSPS) is 10.9. The van der Waals surface area contributed by atoms with Crippen LogP contribution in [0.5, 0.6) is 11.6 Å². The first kappa shape index (κ1) is 15.4. The molecule has 0 spiro atoms. The molecule has 1 N–H and O–H groups in total. The molecule has 0 amide bonds. The Bertz CT molecular complexity index is 585. The lowest BCUT2D eigenvalue weighted by Crippen LogP contribution is -2.18. The van der Waals surface area contributed by atoms with E-state index in [1.807, 2.05) is 6.07 Å². The molecule has 1 aromatic heterocycles. The number of ether oxygens (including phenoxy) is 1. The Hall–Kier alpha value is -2.01. The highest BCUT2D eigenvalue weighted by molar-refractivity contribution is 5.29. The van der Waals surface area contributed by atoms with E-state index in [1.54, 1.807) is 12.3 Å². The van der Waals surface area contributed by atoms with E-state index in [0.717, 1.165) is 30.3 Å². The monoisotopic (exact) mass is 292 g/mol. The summed E-state index contributed by atoms with van der Waals surface area (Å²) in [5, 5.41) is 3.30. The topological polar surface area (TPSA) is 34.1 Å². The predicted octanol–water partition coefficient (Wildman–Crippen LogP) is 3.90. The van der Waals surface area contributed by atoms with Crippen molar-refractivity contribution in [1.82, 2.24) is 10.3 Å². The van der Waals surface area contributed by atoms with Gasteiger partial charge < -0.3 is 10.1 Å². The van der Waals surface area contributed by atoms with Crippen LogP contribution in [0.15, 0.2) is 36.5 Å². The van der Waals surface area contributed by atoms with Crippen molar-refractivity contribution >= 4 is 0 Å². The van der Waals surface area contributed by atoms with Crippen molar-refractivity contribution in [1.29, 1.82) is 0 Å². The van der Waals surface area contributed by atoms with Gasteiger partial charge in [-0.3, -0.25) is 0 Å². The van der Waals surface area contributed by atoms with Gasteiger partial charge in [-0.1, -0.05) is 19.9 Å². The lowest BCUT2D eigenvalue weighted by atomic mass is 10.2. The standard InChI is InChI=1S/C16H18F2N2O/c1-11(2)8-19-9-12-3-6-16(20-10-12)21-15-7-13(17)4-5-14(15)18/h3-7,10-11,19H,8-9H2,1-2H3. The zero-order valence-electron chi connectivity index (χ0n) is 12.1. The average molecular weight is 292 g/mol. The van der Waals surface area contributed by atoms with Crippen molar-refractivity contribution in [2.45, 2.75) is 20.4 Å². The first-order valence-corrected chi connectivity index (χ1v) is 6.83. The maximum Gasteiger partial charge on any atom is 0.219 e. The van der Waals surface area contributed by atoms with E-state index in [2.05, 4.69) is 24.1 Å². The Morgan fingerprint density at radius 3 is 2.67 bits per heavy atom. The summed E-state index contributed by atoms with van der Waals surface area (Å²) in [6.07, 6.45) is 1.65. The van der Waals surface area contributed by atoms with Crippen molar-refractivity contribution in [3.63, 3.8) is 0 Å². The summed E-state index contributed by atoms with van der Waals surface area (Å²) < 4.78 is 31.7. The van der Waals surface area contributed by atoms with Crippen molar-refractivity contribution < 1.29 is 13.5 Å². The van der Waals surface area contributed by atoms with E-state index in [-0.39, 0.29) is 11.6 Å². The van der Waals surface area contributed by atoms with E-state index in [0.29, 0.717) is 12.5 Å². The van der Waals surface area contributed by atoms with Gasteiger partial charge in [0.15, 0.2) is 11.6 Å². The first-order chi connectivity index (χ1) is 10.0. The van der Waals surface area contributed by atoms with Crippen molar-refractivity contribution in [3.8, 4) is 11.6 Å². The zero-order chi connectivity index (χ0) is 15.2. The summed E-state index contributed by atoms with van der Waals surface area (Å²) in [5.41, 5.74) is 1.00. The van der Waals surface area contributed by atoms with E-state index in [9.17, 15) is 8.78 Å². The molecule has 1 aromatic carbocycles. The fourth-order valence-corrected chi connectivity index (χ4v) is 1.75. The van der Waals surface area contributed by atoms with Crippen LogP contribution >= 0.6 is 0 Å². The van der Waals surface area contributed by atoms with Gasteiger partial charge in [0.05, 0.1) is 0 Å². The van der Waals surface area contributed by atoms with Gasteiger partial charge in [-0.25, -0.2) is 13.8 Å².